The molecule has 42 heavy (non-hydrogen) atoms. The molecule has 0 radical (unpaired) electrons. The van der Waals surface area contributed by atoms with Gasteiger partial charge in [-0.05, 0) is 84.9 Å². The Bertz CT molecular complexity index is 2100. The SMILES string of the molecule is O=C(c1ccc2nc(-c3ccc(-c4nc5ccc(C(=O)c6ccco6)cc5c(=O)o4)cc3)oc(=O)c2c1)c1ccco1. The van der Waals surface area contributed by atoms with Gasteiger partial charge in [-0.2, -0.15) is 0 Å². The fourth-order valence-corrected chi connectivity index (χ4v) is 4.53. The number of hydrogen-bond donors (Lipinski definition) is 0. The second-order valence-corrected chi connectivity index (χ2v) is 9.27. The largest absolute Gasteiger partial charge is 0.461 e. The second-order valence-electron chi connectivity index (χ2n) is 9.27. The highest BCUT2D eigenvalue weighted by Gasteiger charge is 2.17. The first-order valence-electron chi connectivity index (χ1n) is 12.6. The molecule has 0 atom stereocenters. The predicted molar refractivity (Wildman–Crippen MR) is 149 cm³/mol. The van der Waals surface area contributed by atoms with Gasteiger partial charge in [-0.15, -0.1) is 0 Å². The maximum absolute atomic E-state index is 12.8. The number of benzene rings is 3. The third kappa shape index (κ3) is 4.33. The van der Waals surface area contributed by atoms with Crippen LogP contribution in [0.15, 0.2) is 125 Å². The highest BCUT2D eigenvalue weighted by molar-refractivity contribution is 6.09. The molecule has 0 aliphatic rings. The van der Waals surface area contributed by atoms with Crippen LogP contribution in [0.2, 0.25) is 0 Å². The molecule has 0 amide bonds. The van der Waals surface area contributed by atoms with E-state index < -0.39 is 11.3 Å². The van der Waals surface area contributed by atoms with Crippen LogP contribution in [0.5, 0.6) is 0 Å². The Kier molecular flexibility index (Phi) is 5.79. The minimum absolute atomic E-state index is 0.0749. The lowest BCUT2D eigenvalue weighted by Gasteiger charge is -2.06. The summed E-state index contributed by atoms with van der Waals surface area (Å²) in [5.74, 6) is -0.262. The van der Waals surface area contributed by atoms with Crippen molar-refractivity contribution < 1.29 is 27.3 Å². The summed E-state index contributed by atoms with van der Waals surface area (Å²) in [6.45, 7) is 0. The standard InChI is InChI=1S/C32H16N2O8/c35-27(25-3-1-13-39-25)19-9-11-23-21(15-19)31(37)41-29(33-23)17-5-7-18(8-6-17)30-34-24-12-10-20(16-22(24)32(38)42-30)28(36)26-4-2-14-40-26/h1-16H. The number of carbonyl (C=O) groups excluding carboxylic acids is 2. The third-order valence-corrected chi connectivity index (χ3v) is 6.65. The van der Waals surface area contributed by atoms with Gasteiger partial charge in [0.15, 0.2) is 11.5 Å². The molecule has 0 aliphatic heterocycles. The molecular formula is C32H16N2O8. The molecule has 3 aromatic carbocycles. The van der Waals surface area contributed by atoms with Crippen molar-refractivity contribution in [2.24, 2.45) is 0 Å². The van der Waals surface area contributed by atoms with Crippen molar-refractivity contribution in [3.8, 4) is 22.9 Å². The van der Waals surface area contributed by atoms with Crippen molar-refractivity contribution in [2.75, 3.05) is 0 Å². The minimum atomic E-state index is -0.653. The number of carbonyl (C=O) groups is 2. The van der Waals surface area contributed by atoms with Gasteiger partial charge in [0, 0.05) is 22.3 Å². The first kappa shape index (κ1) is 24.9. The Hall–Kier alpha value is -6.16. The molecular weight excluding hydrogens is 540 g/mol. The predicted octanol–water partition coefficient (Wildman–Crippen LogP) is 5.67. The Balaban J connectivity index is 1.18. The van der Waals surface area contributed by atoms with Crippen molar-refractivity contribution in [3.63, 3.8) is 0 Å². The molecule has 0 spiro atoms. The van der Waals surface area contributed by atoms with E-state index in [1.807, 2.05) is 0 Å². The molecule has 0 bridgehead atoms. The Morgan fingerprint density at radius 3 is 1.36 bits per heavy atom. The summed E-state index contributed by atoms with van der Waals surface area (Å²) in [7, 11) is 0. The van der Waals surface area contributed by atoms with Crippen LogP contribution in [0.1, 0.15) is 32.2 Å². The summed E-state index contributed by atoms with van der Waals surface area (Å²) < 4.78 is 21.2. The molecule has 0 saturated carbocycles. The Labute approximate surface area is 234 Å². The number of fused-ring (bicyclic) bond motifs is 2. The summed E-state index contributed by atoms with van der Waals surface area (Å²) in [5, 5.41) is 0.313. The first-order valence-corrected chi connectivity index (χ1v) is 12.6. The van der Waals surface area contributed by atoms with E-state index in [4.69, 9.17) is 17.7 Å². The molecule has 0 aliphatic carbocycles. The van der Waals surface area contributed by atoms with Gasteiger partial charge in [0.1, 0.15) is 0 Å². The summed E-state index contributed by atoms with van der Waals surface area (Å²) in [4.78, 5) is 59.6. The van der Waals surface area contributed by atoms with Crippen LogP contribution in [-0.2, 0) is 0 Å². The van der Waals surface area contributed by atoms with E-state index in [9.17, 15) is 19.2 Å². The molecule has 0 fully saturated rings. The van der Waals surface area contributed by atoms with Crippen LogP contribution in [0.4, 0.5) is 0 Å². The highest BCUT2D eigenvalue weighted by atomic mass is 16.4. The maximum atomic E-state index is 12.8. The molecule has 202 valence electrons. The van der Waals surface area contributed by atoms with Crippen LogP contribution in [0.25, 0.3) is 44.7 Å². The lowest BCUT2D eigenvalue weighted by Crippen LogP contribution is -2.06. The third-order valence-electron chi connectivity index (χ3n) is 6.65. The average Bonchev–Trinajstić information content (AvgIpc) is 3.76. The van der Waals surface area contributed by atoms with Crippen LogP contribution in [-0.4, -0.2) is 21.5 Å². The monoisotopic (exact) mass is 556 g/mol. The van der Waals surface area contributed by atoms with E-state index in [0.29, 0.717) is 22.2 Å². The van der Waals surface area contributed by atoms with Crippen LogP contribution in [0.3, 0.4) is 0 Å². The van der Waals surface area contributed by atoms with Crippen molar-refractivity contribution >= 4 is 33.4 Å². The average molecular weight is 556 g/mol. The number of aromatic nitrogens is 2. The molecule has 10 heteroatoms. The lowest BCUT2D eigenvalue weighted by molar-refractivity contribution is 0.100. The van der Waals surface area contributed by atoms with E-state index in [-0.39, 0.29) is 56.8 Å². The zero-order chi connectivity index (χ0) is 28.8. The molecule has 0 saturated heterocycles. The molecule has 7 aromatic rings. The smallest absolute Gasteiger partial charge is 0.347 e. The van der Waals surface area contributed by atoms with Crippen molar-refractivity contribution in [3.05, 3.63) is 141 Å². The van der Waals surface area contributed by atoms with Gasteiger partial charge in [0.05, 0.1) is 34.3 Å². The molecule has 0 unspecified atom stereocenters. The zero-order valence-electron chi connectivity index (χ0n) is 21.4. The Morgan fingerprint density at radius 1 is 0.548 bits per heavy atom. The van der Waals surface area contributed by atoms with E-state index in [1.165, 1.54) is 24.7 Å². The van der Waals surface area contributed by atoms with Crippen molar-refractivity contribution in [1.29, 1.82) is 0 Å². The van der Waals surface area contributed by atoms with Crippen molar-refractivity contribution in [1.82, 2.24) is 9.97 Å². The van der Waals surface area contributed by atoms with Gasteiger partial charge in [-0.25, -0.2) is 19.6 Å². The summed E-state index contributed by atoms with van der Waals surface area (Å²) in [6, 6.07) is 22.0. The van der Waals surface area contributed by atoms with Crippen molar-refractivity contribution in [2.45, 2.75) is 0 Å². The molecule has 4 heterocycles. The number of furan rings is 2. The number of ketones is 2. The molecule has 10 nitrogen and oxygen atoms in total. The summed E-state index contributed by atoms with van der Waals surface area (Å²) in [6.07, 6.45) is 2.79. The van der Waals surface area contributed by atoms with E-state index >= 15 is 0 Å². The van der Waals surface area contributed by atoms with Gasteiger partial charge >= 0.3 is 11.3 Å². The quantitative estimate of drug-likeness (QED) is 0.235. The summed E-state index contributed by atoms with van der Waals surface area (Å²) >= 11 is 0. The van der Waals surface area contributed by atoms with Gasteiger partial charge < -0.3 is 17.7 Å². The Morgan fingerprint density at radius 2 is 0.976 bits per heavy atom. The zero-order valence-corrected chi connectivity index (χ0v) is 21.4. The van der Waals surface area contributed by atoms with Gasteiger partial charge in [-0.3, -0.25) is 9.59 Å². The van der Waals surface area contributed by atoms with Gasteiger partial charge in [0.2, 0.25) is 23.3 Å². The number of rotatable bonds is 6. The highest BCUT2D eigenvalue weighted by Crippen LogP contribution is 2.25. The van der Waals surface area contributed by atoms with Gasteiger partial charge in [0.25, 0.3) is 0 Å². The fourth-order valence-electron chi connectivity index (χ4n) is 4.53. The van der Waals surface area contributed by atoms with E-state index in [1.54, 1.807) is 72.8 Å². The lowest BCUT2D eigenvalue weighted by atomic mass is 10.1. The molecule has 4 aromatic heterocycles. The van der Waals surface area contributed by atoms with Gasteiger partial charge in [-0.1, -0.05) is 0 Å². The van der Waals surface area contributed by atoms with E-state index in [2.05, 4.69) is 9.97 Å². The first-order chi connectivity index (χ1) is 20.4. The fraction of sp³-hybridized carbons (Fsp3) is 0. The van der Waals surface area contributed by atoms with Crippen LogP contribution < -0.4 is 11.3 Å². The number of nitrogens with zero attached hydrogens (tertiary/aromatic N) is 2. The molecule has 0 N–H and O–H groups in total. The van der Waals surface area contributed by atoms with Crippen LogP contribution >= 0.6 is 0 Å². The van der Waals surface area contributed by atoms with Crippen LogP contribution in [0, 0.1) is 0 Å². The topological polar surface area (TPSA) is 147 Å². The minimum Gasteiger partial charge on any atom is -0.461 e. The normalized spacial score (nSPS) is 11.2. The molecule has 7 rings (SSSR count). The second kappa shape index (κ2) is 9.79. The number of hydrogen-bond acceptors (Lipinski definition) is 10. The maximum Gasteiger partial charge on any atom is 0.347 e. The van der Waals surface area contributed by atoms with E-state index in [0.717, 1.165) is 0 Å². The summed E-state index contributed by atoms with van der Waals surface area (Å²) in [5.41, 5.74) is 0.944.